The van der Waals surface area contributed by atoms with E-state index in [1.807, 2.05) is 77.4 Å². The lowest BCUT2D eigenvalue weighted by atomic mass is 9.69. The highest BCUT2D eigenvalue weighted by atomic mass is 32.2. The predicted octanol–water partition coefficient (Wildman–Crippen LogP) is 6.77. The maximum atomic E-state index is 14.6. The molecule has 0 bridgehead atoms. The molecule has 1 atom stereocenters. The third-order valence-electron chi connectivity index (χ3n) is 11.3. The van der Waals surface area contributed by atoms with Crippen molar-refractivity contribution in [1.29, 1.82) is 0 Å². The number of esters is 1. The first kappa shape index (κ1) is 38.7. The van der Waals surface area contributed by atoms with Crippen LogP contribution in [0.5, 0.6) is 5.88 Å². The molecule has 1 saturated carbocycles. The summed E-state index contributed by atoms with van der Waals surface area (Å²) < 4.78 is 50.4. The van der Waals surface area contributed by atoms with Gasteiger partial charge in [-0.1, -0.05) is 29.5 Å². The first-order valence-corrected chi connectivity index (χ1v) is 20.4. The Morgan fingerprint density at radius 3 is 2.38 bits per heavy atom. The predicted molar refractivity (Wildman–Crippen MR) is 206 cm³/mol. The second-order valence-corrected chi connectivity index (χ2v) is 19.0. The number of sulfonamides is 1. The van der Waals surface area contributed by atoms with Crippen molar-refractivity contribution in [3.8, 4) is 5.88 Å². The van der Waals surface area contributed by atoms with Gasteiger partial charge in [0.25, 0.3) is 0 Å². The average molecular weight is 773 g/mol. The summed E-state index contributed by atoms with van der Waals surface area (Å²) >= 11 is 0. The molecule has 3 aliphatic rings. The van der Waals surface area contributed by atoms with Crippen molar-refractivity contribution in [2.45, 2.75) is 116 Å². The molecule has 7 rings (SSSR count). The summed E-state index contributed by atoms with van der Waals surface area (Å²) in [6.45, 7) is 15.8. The number of ether oxygens (including phenoxy) is 3. The maximum Gasteiger partial charge on any atom is 0.410 e. The van der Waals surface area contributed by atoms with Crippen LogP contribution >= 0.6 is 0 Å². The number of benzene rings is 2. The molecule has 0 N–H and O–H groups in total. The molecule has 2 aromatic carbocycles. The van der Waals surface area contributed by atoms with Crippen LogP contribution in [0.25, 0.3) is 11.0 Å². The Hall–Kier alpha value is -4.56. The molecule has 1 spiro atoms. The zero-order valence-corrected chi connectivity index (χ0v) is 34.1. The van der Waals surface area contributed by atoms with E-state index in [0.29, 0.717) is 37.5 Å². The summed E-state index contributed by atoms with van der Waals surface area (Å²) in [4.78, 5) is 32.7. The van der Waals surface area contributed by atoms with Gasteiger partial charge in [-0.05, 0) is 114 Å². The van der Waals surface area contributed by atoms with E-state index in [0.717, 1.165) is 51.7 Å². The number of fused-ring (bicyclic) bond motifs is 2. The largest absolute Gasteiger partial charge is 0.469 e. The van der Waals surface area contributed by atoms with Crippen LogP contribution in [0.2, 0.25) is 0 Å². The zero-order valence-electron chi connectivity index (χ0n) is 33.3. The van der Waals surface area contributed by atoms with Crippen LogP contribution in [0.1, 0.15) is 106 Å². The Morgan fingerprint density at radius 1 is 1.02 bits per heavy atom. The monoisotopic (exact) mass is 772 g/mol. The third-order valence-corrected chi connectivity index (χ3v) is 13.1. The minimum atomic E-state index is -4.10. The molecule has 1 aliphatic carbocycles. The minimum Gasteiger partial charge on any atom is -0.469 e. The highest BCUT2D eigenvalue weighted by Crippen LogP contribution is 2.46. The molecule has 2 aromatic heterocycles. The standard InChI is InChI=1S/C41H52N6O7S/c1-25-20-33-36(42-22-25)53-41(16-18-45(19-17-41)38(49)54-39(4,5)6)24-46(55(33,50)51)23-29-21-28(11-10-26(29)2)34(40(7,8)37(48)52-9)31-14-15-32-35(27(31)3)43-44-47(32)30-12-13-30/h10-11,14-15,20-22,30,34H,12-13,16-19,23-24H2,1-9H3. The van der Waals surface area contributed by atoms with Gasteiger partial charge in [-0.25, -0.2) is 22.9 Å². The number of carbonyl (C=O) groups is 2. The zero-order chi connectivity index (χ0) is 39.7. The fourth-order valence-corrected chi connectivity index (χ4v) is 9.69. The van der Waals surface area contributed by atoms with Gasteiger partial charge in [0.2, 0.25) is 15.9 Å². The summed E-state index contributed by atoms with van der Waals surface area (Å²) in [6.07, 6.45) is 4.12. The Labute approximate surface area is 323 Å². The van der Waals surface area contributed by atoms with Gasteiger partial charge in [0.05, 0.1) is 30.6 Å². The van der Waals surface area contributed by atoms with E-state index in [2.05, 4.69) is 21.4 Å². The molecule has 55 heavy (non-hydrogen) atoms. The van der Waals surface area contributed by atoms with Gasteiger partial charge in [0, 0.05) is 44.6 Å². The van der Waals surface area contributed by atoms with Crippen molar-refractivity contribution in [1.82, 2.24) is 29.2 Å². The van der Waals surface area contributed by atoms with E-state index in [4.69, 9.17) is 14.2 Å². The summed E-state index contributed by atoms with van der Waals surface area (Å²) in [5.41, 5.74) is 4.24. The molecule has 0 radical (unpaired) electrons. The lowest BCUT2D eigenvalue weighted by Gasteiger charge is -2.42. The molecule has 13 nitrogen and oxygen atoms in total. The number of hydrogen-bond acceptors (Lipinski definition) is 10. The van der Waals surface area contributed by atoms with Crippen molar-refractivity contribution < 1.29 is 32.2 Å². The first-order valence-electron chi connectivity index (χ1n) is 19.0. The molecule has 14 heteroatoms. The number of methoxy groups -OCH3 is 1. The van der Waals surface area contributed by atoms with Crippen LogP contribution in [0.15, 0.2) is 47.5 Å². The number of likely N-dealkylation sites (tertiary alicyclic amines) is 1. The number of carbonyl (C=O) groups excluding carboxylic acids is 2. The highest BCUT2D eigenvalue weighted by Gasteiger charge is 2.48. The van der Waals surface area contributed by atoms with Crippen molar-refractivity contribution in [3.05, 3.63) is 76.0 Å². The van der Waals surface area contributed by atoms with Gasteiger partial charge in [-0.15, -0.1) is 5.10 Å². The van der Waals surface area contributed by atoms with E-state index in [-0.39, 0.29) is 29.8 Å². The molecular weight excluding hydrogens is 721 g/mol. The normalized spacial score (nSPS) is 19.0. The molecular formula is C41H52N6O7S. The van der Waals surface area contributed by atoms with Gasteiger partial charge < -0.3 is 19.1 Å². The van der Waals surface area contributed by atoms with Crippen molar-refractivity contribution in [3.63, 3.8) is 0 Å². The van der Waals surface area contributed by atoms with Crippen LogP contribution in [-0.2, 0) is 30.8 Å². The lowest BCUT2D eigenvalue weighted by Crippen LogP contribution is -2.55. The topological polar surface area (TPSA) is 146 Å². The molecule has 1 unspecified atom stereocenters. The molecule has 2 aliphatic heterocycles. The number of piperidine rings is 1. The SMILES string of the molecule is COC(=O)C(C)(C)C(c1ccc(C)c(CN2CC3(CCN(C(=O)OC(C)(C)C)CC3)Oc3ncc(C)cc3S2(=O)=O)c1)c1ccc2c(nnn2C2CC2)c1C. The number of nitrogens with zero attached hydrogens (tertiary/aromatic N) is 6. The number of amides is 1. The second kappa shape index (κ2) is 13.9. The Kier molecular flexibility index (Phi) is 9.76. The number of rotatable bonds is 7. The van der Waals surface area contributed by atoms with Gasteiger partial charge in [0.15, 0.2) is 0 Å². The van der Waals surface area contributed by atoms with Gasteiger partial charge in [-0.2, -0.15) is 4.31 Å². The summed E-state index contributed by atoms with van der Waals surface area (Å²) in [7, 11) is -2.70. The van der Waals surface area contributed by atoms with Crippen LogP contribution in [-0.4, -0.2) is 87.6 Å². The van der Waals surface area contributed by atoms with Gasteiger partial charge in [-0.3, -0.25) is 4.79 Å². The smallest absolute Gasteiger partial charge is 0.410 e. The average Bonchev–Trinajstić information content (AvgIpc) is 3.88. The highest BCUT2D eigenvalue weighted by molar-refractivity contribution is 7.89. The Balaban J connectivity index is 1.27. The number of aryl methyl sites for hydroxylation is 3. The van der Waals surface area contributed by atoms with Crippen LogP contribution in [0.4, 0.5) is 4.79 Å². The van der Waals surface area contributed by atoms with E-state index in [9.17, 15) is 18.0 Å². The quantitative estimate of drug-likeness (QED) is 0.185. The number of aromatic nitrogens is 4. The lowest BCUT2D eigenvalue weighted by molar-refractivity contribution is -0.151. The van der Waals surface area contributed by atoms with E-state index < -0.39 is 38.7 Å². The van der Waals surface area contributed by atoms with E-state index in [1.54, 1.807) is 24.1 Å². The van der Waals surface area contributed by atoms with Crippen LogP contribution in [0.3, 0.4) is 0 Å². The van der Waals surface area contributed by atoms with Crippen LogP contribution in [0, 0.1) is 26.2 Å². The first-order chi connectivity index (χ1) is 25.8. The van der Waals surface area contributed by atoms with Crippen molar-refractivity contribution >= 4 is 33.1 Å². The van der Waals surface area contributed by atoms with Crippen molar-refractivity contribution in [2.75, 3.05) is 26.7 Å². The Morgan fingerprint density at radius 2 is 1.73 bits per heavy atom. The molecule has 4 heterocycles. The van der Waals surface area contributed by atoms with E-state index in [1.165, 1.54) is 11.4 Å². The van der Waals surface area contributed by atoms with Crippen LogP contribution < -0.4 is 4.74 Å². The molecule has 1 saturated heterocycles. The van der Waals surface area contributed by atoms with Gasteiger partial charge in [0.1, 0.15) is 21.6 Å². The van der Waals surface area contributed by atoms with Gasteiger partial charge >= 0.3 is 12.1 Å². The summed E-state index contributed by atoms with van der Waals surface area (Å²) in [5.74, 6) is -0.768. The fraction of sp³-hybridized carbons (Fsp3) is 0.537. The maximum absolute atomic E-state index is 14.6. The molecule has 1 amide bonds. The van der Waals surface area contributed by atoms with E-state index >= 15 is 0 Å². The molecule has 2 fully saturated rings. The second-order valence-electron chi connectivity index (χ2n) is 17.1. The molecule has 4 aromatic rings. The number of pyridine rings is 1. The third kappa shape index (κ3) is 7.30. The number of hydrogen-bond donors (Lipinski definition) is 0. The Bertz CT molecular complexity index is 2270. The molecule has 294 valence electrons. The minimum absolute atomic E-state index is 0.0145. The fourth-order valence-electron chi connectivity index (χ4n) is 8.05. The summed E-state index contributed by atoms with van der Waals surface area (Å²) in [5, 5.41) is 9.04. The van der Waals surface area contributed by atoms with Crippen molar-refractivity contribution in [2.24, 2.45) is 5.41 Å². The summed E-state index contributed by atoms with van der Waals surface area (Å²) in [6, 6.07) is 12.1.